The third-order valence-electron chi connectivity index (χ3n) is 6.51. The van der Waals surface area contributed by atoms with Crippen LogP contribution < -0.4 is 10.6 Å². The van der Waals surface area contributed by atoms with Crippen molar-refractivity contribution in [2.24, 2.45) is 0 Å². The molecule has 9 nitrogen and oxygen atoms in total. The van der Waals surface area contributed by atoms with Gasteiger partial charge in [0.25, 0.3) is 5.91 Å². The number of hydrogen-bond donors (Lipinski definition) is 2. The minimum atomic E-state index is -0.668. The zero-order valence-electron chi connectivity index (χ0n) is 18.8. The minimum Gasteiger partial charge on any atom is -0.354 e. The number of halogens is 1. The predicted octanol–water partition coefficient (Wildman–Crippen LogP) is 3.24. The van der Waals surface area contributed by atoms with Crippen LogP contribution >= 0.6 is 11.5 Å². The van der Waals surface area contributed by atoms with Crippen LogP contribution in [0.15, 0.2) is 30.7 Å². The number of nitrogens with zero attached hydrogens (tertiary/aromatic N) is 5. The molecular formula is C23H24FN7O2S. The van der Waals surface area contributed by atoms with E-state index in [1.165, 1.54) is 31.0 Å². The molecule has 1 aliphatic heterocycles. The summed E-state index contributed by atoms with van der Waals surface area (Å²) in [4.78, 5) is 40.4. The molecule has 3 amide bonds. The van der Waals surface area contributed by atoms with Gasteiger partial charge in [0.1, 0.15) is 17.2 Å². The van der Waals surface area contributed by atoms with Gasteiger partial charge in [0, 0.05) is 32.3 Å². The number of urea groups is 1. The van der Waals surface area contributed by atoms with Crippen LogP contribution in [0, 0.1) is 12.7 Å². The monoisotopic (exact) mass is 481 g/mol. The summed E-state index contributed by atoms with van der Waals surface area (Å²) in [6.07, 6.45) is 5.67. The fourth-order valence-electron chi connectivity index (χ4n) is 4.32. The van der Waals surface area contributed by atoms with E-state index in [-0.39, 0.29) is 17.3 Å². The molecule has 1 atom stereocenters. The summed E-state index contributed by atoms with van der Waals surface area (Å²) < 4.78 is 18.6. The molecular weight excluding hydrogens is 457 g/mol. The quantitative estimate of drug-likeness (QED) is 0.579. The highest BCUT2D eigenvalue weighted by molar-refractivity contribution is 7.05. The van der Waals surface area contributed by atoms with E-state index in [0.29, 0.717) is 31.0 Å². The van der Waals surface area contributed by atoms with Crippen molar-refractivity contribution in [1.82, 2.24) is 29.5 Å². The standard InChI is InChI=1S/C23H24FN7O2S/c1-13-3-6-15(9-16(13)24)23(21-27-12-28-34-21)7-8-31(11-23)22(33)30-19-18(20(32)25-2)26-10-17(29-19)14-4-5-14/h3,6,9-10,12,14H,4-5,7-8,11H2,1-2H3,(H,25,32)(H,29,30,33)/t23-/m0/s1. The van der Waals surface area contributed by atoms with Gasteiger partial charge < -0.3 is 10.2 Å². The maximum Gasteiger partial charge on any atom is 0.323 e. The predicted molar refractivity (Wildman–Crippen MR) is 124 cm³/mol. The number of benzene rings is 1. The van der Waals surface area contributed by atoms with E-state index in [9.17, 15) is 14.0 Å². The summed E-state index contributed by atoms with van der Waals surface area (Å²) >= 11 is 1.25. The van der Waals surface area contributed by atoms with Crippen molar-refractivity contribution in [1.29, 1.82) is 0 Å². The van der Waals surface area contributed by atoms with Crippen molar-refractivity contribution in [2.75, 3.05) is 25.5 Å². The first-order valence-corrected chi connectivity index (χ1v) is 11.9. The molecule has 1 aliphatic carbocycles. The van der Waals surface area contributed by atoms with Crippen molar-refractivity contribution < 1.29 is 14.0 Å². The van der Waals surface area contributed by atoms with Crippen LogP contribution in [0.4, 0.5) is 15.0 Å². The van der Waals surface area contributed by atoms with Gasteiger partial charge in [0.05, 0.1) is 11.1 Å². The summed E-state index contributed by atoms with van der Waals surface area (Å²) in [6.45, 7) is 2.43. The highest BCUT2D eigenvalue weighted by Crippen LogP contribution is 2.42. The van der Waals surface area contributed by atoms with Crippen LogP contribution in [0.1, 0.15) is 57.5 Å². The molecule has 0 unspecified atom stereocenters. The van der Waals surface area contributed by atoms with Crippen molar-refractivity contribution >= 4 is 29.3 Å². The Morgan fingerprint density at radius 1 is 1.26 bits per heavy atom. The molecule has 34 heavy (non-hydrogen) atoms. The van der Waals surface area contributed by atoms with Crippen LogP contribution in [0.3, 0.4) is 0 Å². The van der Waals surface area contributed by atoms with E-state index in [1.807, 2.05) is 6.07 Å². The van der Waals surface area contributed by atoms with E-state index in [4.69, 9.17) is 0 Å². The lowest BCUT2D eigenvalue weighted by atomic mass is 9.80. The number of rotatable bonds is 5. The molecule has 0 bridgehead atoms. The topological polar surface area (TPSA) is 113 Å². The molecule has 1 saturated heterocycles. The Labute approximate surface area is 200 Å². The Kier molecular flexibility index (Phi) is 5.72. The number of amides is 3. The molecule has 2 aliphatic rings. The number of carbonyl (C=O) groups is 2. The maximum absolute atomic E-state index is 14.5. The fourth-order valence-corrected chi connectivity index (χ4v) is 5.07. The lowest BCUT2D eigenvalue weighted by Crippen LogP contribution is -2.38. The van der Waals surface area contributed by atoms with E-state index in [2.05, 4.69) is 30.0 Å². The number of aromatic nitrogens is 4. The number of nitrogens with one attached hydrogen (secondary N) is 2. The van der Waals surface area contributed by atoms with Crippen LogP contribution in [0.25, 0.3) is 0 Å². The Balaban J connectivity index is 1.43. The highest BCUT2D eigenvalue weighted by atomic mass is 32.1. The van der Waals surface area contributed by atoms with Gasteiger partial charge in [-0.3, -0.25) is 10.1 Å². The van der Waals surface area contributed by atoms with Gasteiger partial charge in [-0.15, -0.1) is 0 Å². The van der Waals surface area contributed by atoms with Crippen LogP contribution in [-0.2, 0) is 5.41 Å². The van der Waals surface area contributed by atoms with Gasteiger partial charge in [-0.1, -0.05) is 12.1 Å². The van der Waals surface area contributed by atoms with Gasteiger partial charge in [-0.05, 0) is 54.9 Å². The van der Waals surface area contributed by atoms with Gasteiger partial charge >= 0.3 is 6.03 Å². The van der Waals surface area contributed by atoms with Crippen molar-refractivity contribution in [3.05, 3.63) is 64.1 Å². The molecule has 0 spiro atoms. The van der Waals surface area contributed by atoms with E-state index in [1.54, 1.807) is 24.1 Å². The number of anilines is 1. The smallest absolute Gasteiger partial charge is 0.323 e. The number of likely N-dealkylation sites (tertiary alicyclic amines) is 1. The van der Waals surface area contributed by atoms with Gasteiger partial charge in [-0.2, -0.15) is 4.37 Å². The van der Waals surface area contributed by atoms with E-state index in [0.717, 1.165) is 29.1 Å². The first-order valence-electron chi connectivity index (χ1n) is 11.1. The Morgan fingerprint density at radius 2 is 2.09 bits per heavy atom. The summed E-state index contributed by atoms with van der Waals surface area (Å²) in [6, 6.07) is 4.75. The van der Waals surface area contributed by atoms with Gasteiger partial charge in [0.2, 0.25) is 0 Å². The Bertz CT molecular complexity index is 1250. The molecule has 176 valence electrons. The SMILES string of the molecule is CNC(=O)c1ncc(C2CC2)nc1NC(=O)N1CC[C@](c2ccc(C)c(F)c2)(c2ncns2)C1. The summed E-state index contributed by atoms with van der Waals surface area (Å²) in [5.41, 5.74) is 1.47. The van der Waals surface area contributed by atoms with Gasteiger partial charge in [0.15, 0.2) is 11.5 Å². The largest absolute Gasteiger partial charge is 0.354 e. The molecule has 1 saturated carbocycles. The zero-order valence-corrected chi connectivity index (χ0v) is 19.7. The van der Waals surface area contributed by atoms with E-state index < -0.39 is 17.4 Å². The molecule has 2 fully saturated rings. The second-order valence-electron chi connectivity index (χ2n) is 8.74. The molecule has 2 N–H and O–H groups in total. The first kappa shape index (κ1) is 22.3. The molecule has 0 radical (unpaired) electrons. The summed E-state index contributed by atoms with van der Waals surface area (Å²) in [5, 5.41) is 6.06. The second kappa shape index (κ2) is 8.71. The first-order chi connectivity index (χ1) is 16.4. The van der Waals surface area contributed by atoms with Crippen molar-refractivity contribution in [3.8, 4) is 0 Å². The van der Waals surface area contributed by atoms with Crippen LogP contribution in [-0.4, -0.2) is 56.3 Å². The zero-order chi connectivity index (χ0) is 23.9. The Hall–Kier alpha value is -3.47. The highest BCUT2D eigenvalue weighted by Gasteiger charge is 2.45. The van der Waals surface area contributed by atoms with Crippen LogP contribution in [0.2, 0.25) is 0 Å². The van der Waals surface area contributed by atoms with Crippen molar-refractivity contribution in [3.63, 3.8) is 0 Å². The normalized spacial score (nSPS) is 19.8. The number of hydrogen-bond acceptors (Lipinski definition) is 7. The minimum absolute atomic E-state index is 0.0652. The molecule has 5 rings (SSSR count). The number of carbonyl (C=O) groups excluding carboxylic acids is 2. The Morgan fingerprint density at radius 3 is 2.76 bits per heavy atom. The molecule has 3 heterocycles. The number of aryl methyl sites for hydroxylation is 1. The third-order valence-corrected chi connectivity index (χ3v) is 7.37. The lowest BCUT2D eigenvalue weighted by molar-refractivity contribution is 0.0958. The van der Waals surface area contributed by atoms with Crippen molar-refractivity contribution in [2.45, 2.75) is 37.5 Å². The third kappa shape index (κ3) is 4.00. The van der Waals surface area contributed by atoms with Gasteiger partial charge in [-0.25, -0.2) is 24.1 Å². The molecule has 3 aromatic rings. The van der Waals surface area contributed by atoms with Crippen LogP contribution in [0.5, 0.6) is 0 Å². The summed E-state index contributed by atoms with van der Waals surface area (Å²) in [7, 11) is 1.50. The summed E-state index contributed by atoms with van der Waals surface area (Å²) in [5.74, 6) is -0.268. The average Bonchev–Trinajstić information content (AvgIpc) is 3.34. The molecule has 1 aromatic carbocycles. The molecule has 2 aromatic heterocycles. The molecule has 11 heteroatoms. The average molecular weight is 482 g/mol. The van der Waals surface area contributed by atoms with E-state index >= 15 is 0 Å². The second-order valence-corrected chi connectivity index (χ2v) is 9.52. The lowest BCUT2D eigenvalue weighted by Gasteiger charge is -2.28. The maximum atomic E-state index is 14.5. The fraction of sp³-hybridized carbons (Fsp3) is 0.391.